The third kappa shape index (κ3) is 7.07. The van der Waals surface area contributed by atoms with Crippen molar-refractivity contribution in [3.8, 4) is 11.6 Å². The lowest BCUT2D eigenvalue weighted by Crippen LogP contribution is -2.39. The van der Waals surface area contributed by atoms with E-state index in [4.69, 9.17) is 4.74 Å². The number of aromatic nitrogens is 2. The van der Waals surface area contributed by atoms with Gasteiger partial charge in [0.2, 0.25) is 11.8 Å². The van der Waals surface area contributed by atoms with Gasteiger partial charge in [0.15, 0.2) is 0 Å². The predicted molar refractivity (Wildman–Crippen MR) is 105 cm³/mol. The minimum atomic E-state index is 0. The van der Waals surface area contributed by atoms with Gasteiger partial charge in [-0.2, -0.15) is 16.9 Å². The van der Waals surface area contributed by atoms with Gasteiger partial charge in [-0.3, -0.25) is 4.79 Å². The highest BCUT2D eigenvalue weighted by atomic mass is 35.5. The standard InChI is InChI=1S/C16H18N4O2S.2ClH/c21-15(10-13-11-23-8-7-17-13)19-12-3-1-4-14(9-12)22-16-5-2-6-18-20-16;;/h1-6,9,13,17H,7-8,10-11H2,(H,19,21);2*1H. The molecule has 6 nitrogen and oxygen atoms in total. The number of amides is 1. The Morgan fingerprint density at radius 2 is 2.20 bits per heavy atom. The Bertz CT molecular complexity index is 658. The number of hydrogen-bond donors (Lipinski definition) is 2. The van der Waals surface area contributed by atoms with Crippen molar-refractivity contribution in [3.05, 3.63) is 42.6 Å². The Kier molecular flexibility index (Phi) is 9.59. The number of nitrogens with zero attached hydrogens (tertiary/aromatic N) is 2. The molecule has 1 aromatic heterocycles. The number of nitrogens with one attached hydrogen (secondary N) is 2. The van der Waals surface area contributed by atoms with Crippen LogP contribution in [0.2, 0.25) is 0 Å². The molecule has 0 radical (unpaired) electrons. The number of ether oxygens (including phenoxy) is 1. The van der Waals surface area contributed by atoms with Crippen LogP contribution in [-0.2, 0) is 4.79 Å². The molecule has 1 aromatic carbocycles. The Labute approximate surface area is 163 Å². The number of rotatable bonds is 5. The van der Waals surface area contributed by atoms with Crippen LogP contribution in [0.15, 0.2) is 42.6 Å². The summed E-state index contributed by atoms with van der Waals surface area (Å²) in [5.74, 6) is 3.11. The first-order valence-electron chi connectivity index (χ1n) is 7.46. The average Bonchev–Trinajstić information content (AvgIpc) is 2.57. The number of carbonyl (C=O) groups excluding carboxylic acids is 1. The minimum absolute atomic E-state index is 0. The van der Waals surface area contributed by atoms with Crippen molar-refractivity contribution in [1.29, 1.82) is 0 Å². The van der Waals surface area contributed by atoms with Crippen LogP contribution < -0.4 is 15.4 Å². The number of halogens is 2. The molecule has 1 saturated heterocycles. The van der Waals surface area contributed by atoms with Crippen molar-refractivity contribution in [2.45, 2.75) is 12.5 Å². The molecule has 9 heteroatoms. The second-order valence-corrected chi connectivity index (χ2v) is 6.32. The van der Waals surface area contributed by atoms with Crippen LogP contribution in [0.4, 0.5) is 5.69 Å². The fourth-order valence-electron chi connectivity index (χ4n) is 2.29. The average molecular weight is 403 g/mol. The number of hydrogen-bond acceptors (Lipinski definition) is 6. The molecule has 1 aliphatic rings. The maximum Gasteiger partial charge on any atom is 0.238 e. The van der Waals surface area contributed by atoms with E-state index in [1.807, 2.05) is 30.0 Å². The van der Waals surface area contributed by atoms with Gasteiger partial charge in [0, 0.05) is 54.5 Å². The van der Waals surface area contributed by atoms with Crippen LogP contribution in [0, 0.1) is 0 Å². The highest BCUT2D eigenvalue weighted by Crippen LogP contribution is 2.22. The lowest BCUT2D eigenvalue weighted by Gasteiger charge is -2.22. The molecule has 0 saturated carbocycles. The molecule has 0 bridgehead atoms. The van der Waals surface area contributed by atoms with Gasteiger partial charge in [0.1, 0.15) is 5.75 Å². The lowest BCUT2D eigenvalue weighted by atomic mass is 10.2. The summed E-state index contributed by atoms with van der Waals surface area (Å²) in [6, 6.07) is 11.0. The zero-order chi connectivity index (χ0) is 15.9. The van der Waals surface area contributed by atoms with Crippen molar-refractivity contribution in [2.75, 3.05) is 23.4 Å². The topological polar surface area (TPSA) is 76.1 Å². The zero-order valence-electron chi connectivity index (χ0n) is 13.4. The predicted octanol–water partition coefficient (Wildman–Crippen LogP) is 3.15. The van der Waals surface area contributed by atoms with Gasteiger partial charge in [-0.05, 0) is 18.2 Å². The molecule has 1 aliphatic heterocycles. The van der Waals surface area contributed by atoms with Crippen molar-refractivity contribution >= 4 is 48.2 Å². The molecular weight excluding hydrogens is 383 g/mol. The van der Waals surface area contributed by atoms with Gasteiger partial charge in [0.25, 0.3) is 0 Å². The fourth-order valence-corrected chi connectivity index (χ4v) is 3.24. The minimum Gasteiger partial charge on any atom is -0.437 e. The summed E-state index contributed by atoms with van der Waals surface area (Å²) < 4.78 is 5.61. The van der Waals surface area contributed by atoms with Crippen molar-refractivity contribution in [3.63, 3.8) is 0 Å². The first-order valence-corrected chi connectivity index (χ1v) is 8.62. The molecule has 2 heterocycles. The summed E-state index contributed by atoms with van der Waals surface area (Å²) in [5.41, 5.74) is 0.708. The van der Waals surface area contributed by atoms with Gasteiger partial charge in [0.05, 0.1) is 0 Å². The highest BCUT2D eigenvalue weighted by molar-refractivity contribution is 7.99. The molecule has 1 unspecified atom stereocenters. The van der Waals surface area contributed by atoms with E-state index in [2.05, 4.69) is 20.8 Å². The van der Waals surface area contributed by atoms with Crippen molar-refractivity contribution < 1.29 is 9.53 Å². The molecule has 1 fully saturated rings. The fraction of sp³-hybridized carbons (Fsp3) is 0.312. The Morgan fingerprint density at radius 1 is 1.32 bits per heavy atom. The Morgan fingerprint density at radius 3 is 2.92 bits per heavy atom. The Balaban J connectivity index is 0.00000156. The van der Waals surface area contributed by atoms with Crippen LogP contribution in [0.5, 0.6) is 11.6 Å². The summed E-state index contributed by atoms with van der Waals surface area (Å²) in [4.78, 5) is 12.1. The highest BCUT2D eigenvalue weighted by Gasteiger charge is 2.16. The second kappa shape index (κ2) is 11.1. The van der Waals surface area contributed by atoms with E-state index >= 15 is 0 Å². The summed E-state index contributed by atoms with van der Waals surface area (Å²) in [6.07, 6.45) is 2.06. The summed E-state index contributed by atoms with van der Waals surface area (Å²) >= 11 is 1.88. The van der Waals surface area contributed by atoms with E-state index in [1.54, 1.807) is 24.4 Å². The first-order chi connectivity index (χ1) is 11.3. The van der Waals surface area contributed by atoms with Gasteiger partial charge in [-0.15, -0.1) is 29.9 Å². The molecule has 1 amide bonds. The Hall–Kier alpha value is -1.54. The largest absolute Gasteiger partial charge is 0.437 e. The summed E-state index contributed by atoms with van der Waals surface area (Å²) in [5, 5.41) is 13.9. The van der Waals surface area contributed by atoms with Crippen LogP contribution in [0.3, 0.4) is 0 Å². The molecule has 0 aliphatic carbocycles. The van der Waals surface area contributed by atoms with Crippen LogP contribution in [0.25, 0.3) is 0 Å². The van der Waals surface area contributed by atoms with Gasteiger partial charge < -0.3 is 15.4 Å². The number of carbonyl (C=O) groups is 1. The van der Waals surface area contributed by atoms with Crippen LogP contribution in [0.1, 0.15) is 6.42 Å². The maximum atomic E-state index is 12.1. The van der Waals surface area contributed by atoms with Gasteiger partial charge >= 0.3 is 0 Å². The third-order valence-corrected chi connectivity index (χ3v) is 4.45. The molecular formula is C16H20Cl2N4O2S. The van der Waals surface area contributed by atoms with E-state index < -0.39 is 0 Å². The molecule has 3 rings (SSSR count). The van der Waals surface area contributed by atoms with E-state index in [9.17, 15) is 4.79 Å². The lowest BCUT2D eigenvalue weighted by molar-refractivity contribution is -0.116. The number of anilines is 1. The SMILES string of the molecule is Cl.Cl.O=C(CC1CSCCN1)Nc1cccc(Oc2cccnn2)c1. The van der Waals surface area contributed by atoms with Crippen molar-refractivity contribution in [1.82, 2.24) is 15.5 Å². The molecule has 2 aromatic rings. The summed E-state index contributed by atoms with van der Waals surface area (Å²) in [7, 11) is 0. The first kappa shape index (κ1) is 21.5. The molecule has 25 heavy (non-hydrogen) atoms. The quantitative estimate of drug-likeness (QED) is 0.799. The normalized spacial score (nSPS) is 16.1. The number of thioether (sulfide) groups is 1. The molecule has 0 spiro atoms. The smallest absolute Gasteiger partial charge is 0.238 e. The van der Waals surface area contributed by atoms with Crippen molar-refractivity contribution in [2.24, 2.45) is 0 Å². The van der Waals surface area contributed by atoms with Gasteiger partial charge in [-0.25, -0.2) is 0 Å². The van der Waals surface area contributed by atoms with Crippen LogP contribution in [-0.4, -0.2) is 40.2 Å². The molecule has 2 N–H and O–H groups in total. The molecule has 136 valence electrons. The van der Waals surface area contributed by atoms with Crippen LogP contribution >= 0.6 is 36.6 Å². The monoisotopic (exact) mass is 402 g/mol. The third-order valence-electron chi connectivity index (χ3n) is 3.32. The second-order valence-electron chi connectivity index (χ2n) is 5.17. The summed E-state index contributed by atoms with van der Waals surface area (Å²) in [6.45, 7) is 0.962. The van der Waals surface area contributed by atoms with E-state index in [0.717, 1.165) is 18.1 Å². The maximum absolute atomic E-state index is 12.1. The van der Waals surface area contributed by atoms with E-state index in [-0.39, 0.29) is 36.8 Å². The van der Waals surface area contributed by atoms with E-state index in [1.165, 1.54) is 0 Å². The number of benzene rings is 1. The van der Waals surface area contributed by atoms with E-state index in [0.29, 0.717) is 23.7 Å². The van der Waals surface area contributed by atoms with Gasteiger partial charge in [-0.1, -0.05) is 6.07 Å². The zero-order valence-corrected chi connectivity index (χ0v) is 15.8. The molecule has 1 atom stereocenters.